The van der Waals surface area contributed by atoms with Gasteiger partial charge in [0.1, 0.15) is 17.8 Å². The van der Waals surface area contributed by atoms with Crippen molar-refractivity contribution in [3.05, 3.63) is 36.7 Å². The predicted molar refractivity (Wildman–Crippen MR) is 101 cm³/mol. The van der Waals surface area contributed by atoms with Crippen molar-refractivity contribution in [3.63, 3.8) is 0 Å². The number of aromatic amines is 1. The van der Waals surface area contributed by atoms with Crippen molar-refractivity contribution in [2.24, 2.45) is 5.92 Å². The van der Waals surface area contributed by atoms with Gasteiger partial charge in [0.25, 0.3) is 0 Å². The molecule has 6 heteroatoms. The van der Waals surface area contributed by atoms with Crippen LogP contribution in [0.15, 0.2) is 36.7 Å². The number of anilines is 2. The molecule has 2 aromatic heterocycles. The summed E-state index contributed by atoms with van der Waals surface area (Å²) in [5.41, 5.74) is 9.56. The molecule has 0 aliphatic carbocycles. The Morgan fingerprint density at radius 1 is 1.24 bits per heavy atom. The average molecular weight is 337 g/mol. The van der Waals surface area contributed by atoms with Crippen LogP contribution in [-0.2, 0) is 4.74 Å². The Morgan fingerprint density at radius 2 is 2.08 bits per heavy atom. The summed E-state index contributed by atoms with van der Waals surface area (Å²) < 4.78 is 5.46. The fourth-order valence-corrected chi connectivity index (χ4v) is 3.50. The first-order valence-corrected chi connectivity index (χ1v) is 8.69. The van der Waals surface area contributed by atoms with Crippen LogP contribution in [0.3, 0.4) is 0 Å². The normalized spacial score (nSPS) is 15.6. The molecule has 1 aliphatic rings. The molecule has 0 unspecified atom stereocenters. The molecule has 130 valence electrons. The number of H-pyrrole nitrogens is 1. The second-order valence-corrected chi connectivity index (χ2v) is 6.70. The SMILES string of the molecule is CN(CC1CCOCC1)c1ncnc2[nH]c(-c3cccc(N)c3)cc12. The minimum atomic E-state index is 0.649. The van der Waals surface area contributed by atoms with Crippen LogP contribution in [-0.4, -0.2) is 41.8 Å². The van der Waals surface area contributed by atoms with Gasteiger partial charge >= 0.3 is 0 Å². The van der Waals surface area contributed by atoms with Gasteiger partial charge in [-0.15, -0.1) is 0 Å². The number of hydrogen-bond donors (Lipinski definition) is 2. The van der Waals surface area contributed by atoms with Crippen molar-refractivity contribution < 1.29 is 4.74 Å². The highest BCUT2D eigenvalue weighted by Gasteiger charge is 2.19. The maximum absolute atomic E-state index is 5.91. The third kappa shape index (κ3) is 3.30. The Balaban J connectivity index is 1.65. The molecule has 0 saturated carbocycles. The highest BCUT2D eigenvalue weighted by atomic mass is 16.5. The standard InChI is InChI=1S/C19H23N5O/c1-24(11-13-5-7-25-8-6-13)19-16-10-17(23-18(16)21-12-22-19)14-3-2-4-15(20)9-14/h2-4,9-10,12-13H,5-8,11,20H2,1H3,(H,21,22,23). The molecular weight excluding hydrogens is 314 g/mol. The Bertz CT molecular complexity index is 869. The van der Waals surface area contributed by atoms with E-state index in [1.807, 2.05) is 24.3 Å². The lowest BCUT2D eigenvalue weighted by atomic mass is 10.00. The summed E-state index contributed by atoms with van der Waals surface area (Å²) in [4.78, 5) is 14.5. The van der Waals surface area contributed by atoms with Crippen molar-refractivity contribution in [2.75, 3.05) is 37.4 Å². The van der Waals surface area contributed by atoms with E-state index in [2.05, 4.69) is 33.0 Å². The fraction of sp³-hybridized carbons (Fsp3) is 0.368. The number of nitrogens with zero attached hydrogens (tertiary/aromatic N) is 3. The molecule has 0 bridgehead atoms. The minimum absolute atomic E-state index is 0.649. The van der Waals surface area contributed by atoms with Crippen LogP contribution in [0.4, 0.5) is 11.5 Å². The fourth-order valence-electron chi connectivity index (χ4n) is 3.50. The van der Waals surface area contributed by atoms with E-state index in [9.17, 15) is 0 Å². The summed E-state index contributed by atoms with van der Waals surface area (Å²) in [5, 5.41) is 1.04. The Kier molecular flexibility index (Phi) is 4.28. The smallest absolute Gasteiger partial charge is 0.143 e. The Hall–Kier alpha value is -2.60. The van der Waals surface area contributed by atoms with Gasteiger partial charge in [-0.1, -0.05) is 12.1 Å². The second kappa shape index (κ2) is 6.72. The topological polar surface area (TPSA) is 80.1 Å². The third-order valence-corrected chi connectivity index (χ3v) is 4.84. The number of hydrogen-bond acceptors (Lipinski definition) is 5. The zero-order chi connectivity index (χ0) is 17.2. The number of nitrogen functional groups attached to an aromatic ring is 1. The Labute approximate surface area is 147 Å². The van der Waals surface area contributed by atoms with E-state index in [1.165, 1.54) is 0 Å². The van der Waals surface area contributed by atoms with Crippen molar-refractivity contribution in [1.82, 2.24) is 15.0 Å². The van der Waals surface area contributed by atoms with Crippen LogP contribution in [0.25, 0.3) is 22.3 Å². The van der Waals surface area contributed by atoms with Gasteiger partial charge in [-0.3, -0.25) is 0 Å². The van der Waals surface area contributed by atoms with E-state index in [0.29, 0.717) is 5.92 Å². The van der Waals surface area contributed by atoms with E-state index in [0.717, 1.165) is 66.4 Å². The molecule has 0 atom stereocenters. The van der Waals surface area contributed by atoms with Crippen molar-refractivity contribution in [1.29, 1.82) is 0 Å². The largest absolute Gasteiger partial charge is 0.399 e. The molecule has 1 fully saturated rings. The molecule has 6 nitrogen and oxygen atoms in total. The predicted octanol–water partition coefficient (Wildman–Crippen LogP) is 3.07. The van der Waals surface area contributed by atoms with E-state index < -0.39 is 0 Å². The molecule has 0 spiro atoms. The quantitative estimate of drug-likeness (QED) is 0.715. The summed E-state index contributed by atoms with van der Waals surface area (Å²) in [6.07, 6.45) is 3.85. The molecule has 0 amide bonds. The van der Waals surface area contributed by atoms with Gasteiger partial charge in [-0.2, -0.15) is 0 Å². The maximum Gasteiger partial charge on any atom is 0.143 e. The van der Waals surface area contributed by atoms with Crippen LogP contribution < -0.4 is 10.6 Å². The lowest BCUT2D eigenvalue weighted by Crippen LogP contribution is -2.30. The van der Waals surface area contributed by atoms with Crippen molar-refractivity contribution in [2.45, 2.75) is 12.8 Å². The molecule has 3 aromatic rings. The highest BCUT2D eigenvalue weighted by Crippen LogP contribution is 2.29. The van der Waals surface area contributed by atoms with E-state index in [4.69, 9.17) is 10.5 Å². The zero-order valence-electron chi connectivity index (χ0n) is 14.4. The van der Waals surface area contributed by atoms with Crippen LogP contribution in [0.5, 0.6) is 0 Å². The number of rotatable bonds is 4. The first-order chi connectivity index (χ1) is 12.2. The number of ether oxygens (including phenoxy) is 1. The molecule has 3 N–H and O–H groups in total. The number of fused-ring (bicyclic) bond motifs is 1. The molecule has 0 radical (unpaired) electrons. The van der Waals surface area contributed by atoms with Gasteiger partial charge in [-0.05, 0) is 37.0 Å². The minimum Gasteiger partial charge on any atom is -0.399 e. The summed E-state index contributed by atoms with van der Waals surface area (Å²) in [6.45, 7) is 2.71. The first-order valence-electron chi connectivity index (χ1n) is 8.69. The molecule has 4 rings (SSSR count). The van der Waals surface area contributed by atoms with E-state index >= 15 is 0 Å². The van der Waals surface area contributed by atoms with Crippen molar-refractivity contribution >= 4 is 22.5 Å². The highest BCUT2D eigenvalue weighted by molar-refractivity contribution is 5.92. The van der Waals surface area contributed by atoms with Gasteiger partial charge in [-0.25, -0.2) is 9.97 Å². The molecule has 3 heterocycles. The van der Waals surface area contributed by atoms with Gasteiger partial charge in [0.15, 0.2) is 0 Å². The molecule has 1 saturated heterocycles. The first kappa shape index (κ1) is 15.9. The molecule has 1 aliphatic heterocycles. The summed E-state index contributed by atoms with van der Waals surface area (Å²) in [5.74, 6) is 1.61. The second-order valence-electron chi connectivity index (χ2n) is 6.70. The van der Waals surface area contributed by atoms with Gasteiger partial charge in [0, 0.05) is 43.8 Å². The number of nitrogens with one attached hydrogen (secondary N) is 1. The lowest BCUT2D eigenvalue weighted by Gasteiger charge is -2.27. The molecular formula is C19H23N5O. The van der Waals surface area contributed by atoms with E-state index in [1.54, 1.807) is 6.33 Å². The lowest BCUT2D eigenvalue weighted by molar-refractivity contribution is 0.0685. The van der Waals surface area contributed by atoms with E-state index in [-0.39, 0.29) is 0 Å². The molecule has 1 aromatic carbocycles. The van der Waals surface area contributed by atoms with Crippen LogP contribution in [0, 0.1) is 5.92 Å². The summed E-state index contributed by atoms with van der Waals surface area (Å²) in [6, 6.07) is 9.96. The summed E-state index contributed by atoms with van der Waals surface area (Å²) in [7, 11) is 2.10. The number of aromatic nitrogens is 3. The number of benzene rings is 1. The maximum atomic E-state index is 5.91. The van der Waals surface area contributed by atoms with Gasteiger partial charge in [0.05, 0.1) is 5.39 Å². The van der Waals surface area contributed by atoms with Crippen LogP contribution >= 0.6 is 0 Å². The average Bonchev–Trinajstić information content (AvgIpc) is 3.07. The monoisotopic (exact) mass is 337 g/mol. The van der Waals surface area contributed by atoms with Gasteiger partial charge < -0.3 is 20.4 Å². The number of nitrogens with two attached hydrogens (primary N) is 1. The van der Waals surface area contributed by atoms with Crippen molar-refractivity contribution in [3.8, 4) is 11.3 Å². The van der Waals surface area contributed by atoms with Crippen LogP contribution in [0.1, 0.15) is 12.8 Å². The van der Waals surface area contributed by atoms with Crippen LogP contribution in [0.2, 0.25) is 0 Å². The Morgan fingerprint density at radius 3 is 2.88 bits per heavy atom. The molecule has 25 heavy (non-hydrogen) atoms. The third-order valence-electron chi connectivity index (χ3n) is 4.84. The van der Waals surface area contributed by atoms with Gasteiger partial charge in [0.2, 0.25) is 0 Å². The zero-order valence-corrected chi connectivity index (χ0v) is 14.4. The summed E-state index contributed by atoms with van der Waals surface area (Å²) >= 11 is 0.